The van der Waals surface area contributed by atoms with Gasteiger partial charge >= 0.3 is 0 Å². The first kappa shape index (κ1) is 15.0. The van der Waals surface area contributed by atoms with E-state index in [1.165, 1.54) is 12.1 Å². The number of halogens is 1. The third-order valence-corrected chi connectivity index (χ3v) is 3.05. The van der Waals surface area contributed by atoms with Gasteiger partial charge in [-0.25, -0.2) is 4.39 Å². The second kappa shape index (κ2) is 5.55. The first-order valence-electron chi connectivity index (χ1n) is 6.64. The van der Waals surface area contributed by atoms with E-state index >= 15 is 0 Å². The van der Waals surface area contributed by atoms with Gasteiger partial charge in [0.15, 0.2) is 0 Å². The molecule has 2 aromatic rings. The van der Waals surface area contributed by atoms with Crippen molar-refractivity contribution in [3.8, 4) is 0 Å². The molecule has 5 nitrogen and oxygen atoms in total. The second-order valence-corrected chi connectivity index (χ2v) is 5.87. The lowest BCUT2D eigenvalue weighted by molar-refractivity contribution is 0.0953. The highest BCUT2D eigenvalue weighted by Crippen LogP contribution is 2.21. The minimum atomic E-state index is -0.326. The molecule has 0 unspecified atom stereocenters. The van der Waals surface area contributed by atoms with E-state index in [0.717, 1.165) is 5.69 Å². The maximum atomic E-state index is 12.8. The Morgan fingerprint density at radius 2 is 1.86 bits per heavy atom. The van der Waals surface area contributed by atoms with E-state index in [0.29, 0.717) is 11.4 Å². The van der Waals surface area contributed by atoms with Crippen molar-refractivity contribution in [3.63, 3.8) is 0 Å². The number of anilines is 1. The fourth-order valence-electron chi connectivity index (χ4n) is 1.77. The van der Waals surface area contributed by atoms with Crippen LogP contribution in [0.15, 0.2) is 30.3 Å². The molecule has 0 fully saturated rings. The molecule has 112 valence electrons. The fourth-order valence-corrected chi connectivity index (χ4v) is 1.77. The number of nitrogens with one attached hydrogen (secondary N) is 2. The minimum Gasteiger partial charge on any atom is -0.298 e. The monoisotopic (exact) mass is 290 g/mol. The summed E-state index contributed by atoms with van der Waals surface area (Å²) in [6, 6.07) is 7.48. The van der Waals surface area contributed by atoms with Crippen LogP contribution >= 0.6 is 0 Å². The first-order valence-corrected chi connectivity index (χ1v) is 6.64. The number of benzene rings is 1. The van der Waals surface area contributed by atoms with Gasteiger partial charge in [-0.15, -0.1) is 0 Å². The summed E-state index contributed by atoms with van der Waals surface area (Å²) in [6.45, 7) is 6.11. The van der Waals surface area contributed by atoms with Crippen LogP contribution in [0.25, 0.3) is 0 Å². The molecule has 0 saturated carbocycles. The van der Waals surface area contributed by atoms with Gasteiger partial charge in [-0.05, 0) is 30.3 Å². The Morgan fingerprint density at radius 3 is 2.38 bits per heavy atom. The molecule has 0 saturated heterocycles. The maximum absolute atomic E-state index is 12.8. The van der Waals surface area contributed by atoms with Crippen molar-refractivity contribution in [2.75, 3.05) is 5.43 Å². The number of amides is 1. The fraction of sp³-hybridized carbons (Fsp3) is 0.333. The molecule has 1 amide bonds. The van der Waals surface area contributed by atoms with Crippen LogP contribution in [-0.4, -0.2) is 15.7 Å². The molecule has 2 N–H and O–H groups in total. The van der Waals surface area contributed by atoms with Crippen molar-refractivity contribution in [1.82, 2.24) is 15.2 Å². The molecule has 0 aliphatic carbocycles. The van der Waals surface area contributed by atoms with Crippen LogP contribution in [0.4, 0.5) is 10.1 Å². The summed E-state index contributed by atoms with van der Waals surface area (Å²) in [5.41, 5.74) is 7.08. The highest BCUT2D eigenvalue weighted by Gasteiger charge is 2.21. The van der Waals surface area contributed by atoms with Gasteiger partial charge < -0.3 is 0 Å². The van der Waals surface area contributed by atoms with Crippen molar-refractivity contribution in [2.45, 2.75) is 26.2 Å². The third-order valence-electron chi connectivity index (χ3n) is 3.05. The van der Waals surface area contributed by atoms with Crippen molar-refractivity contribution >= 4 is 11.6 Å². The van der Waals surface area contributed by atoms with E-state index in [1.54, 1.807) is 29.9 Å². The standard InChI is InChI=1S/C15H19FN4O/c1-15(2,3)13-9-12(20(4)19-13)14(21)18-17-11-7-5-10(16)6-8-11/h5-9,17H,1-4H3,(H,18,21). The summed E-state index contributed by atoms with van der Waals surface area (Å²) in [5.74, 6) is -0.627. The molecule has 21 heavy (non-hydrogen) atoms. The van der Waals surface area contributed by atoms with Gasteiger partial charge in [-0.3, -0.25) is 20.3 Å². The van der Waals surface area contributed by atoms with E-state index in [4.69, 9.17) is 0 Å². The Labute approximate surface area is 123 Å². The highest BCUT2D eigenvalue weighted by atomic mass is 19.1. The number of nitrogens with zero attached hydrogens (tertiary/aromatic N) is 2. The number of hydrogen-bond donors (Lipinski definition) is 2. The Morgan fingerprint density at radius 1 is 1.24 bits per heavy atom. The molecule has 1 aromatic carbocycles. The molecule has 0 aliphatic rings. The predicted molar refractivity (Wildman–Crippen MR) is 79.4 cm³/mol. The van der Waals surface area contributed by atoms with E-state index in [2.05, 4.69) is 16.0 Å². The Bertz CT molecular complexity index is 641. The lowest BCUT2D eigenvalue weighted by Crippen LogP contribution is -2.30. The zero-order valence-electron chi connectivity index (χ0n) is 12.6. The van der Waals surface area contributed by atoms with Gasteiger partial charge in [-0.1, -0.05) is 20.8 Å². The number of carbonyl (C=O) groups excluding carboxylic acids is 1. The average Bonchev–Trinajstić information content (AvgIpc) is 2.80. The summed E-state index contributed by atoms with van der Waals surface area (Å²) < 4.78 is 14.3. The summed E-state index contributed by atoms with van der Waals surface area (Å²) in [4.78, 5) is 12.1. The van der Waals surface area contributed by atoms with Gasteiger partial charge in [-0.2, -0.15) is 5.10 Å². The molecule has 0 spiro atoms. The molecular formula is C15H19FN4O. The smallest absolute Gasteiger partial charge is 0.287 e. The van der Waals surface area contributed by atoms with E-state index in [-0.39, 0.29) is 17.1 Å². The Kier molecular flexibility index (Phi) is 3.97. The molecule has 0 bridgehead atoms. The van der Waals surface area contributed by atoms with Gasteiger partial charge in [0.2, 0.25) is 0 Å². The average molecular weight is 290 g/mol. The summed E-state index contributed by atoms with van der Waals surface area (Å²) >= 11 is 0. The topological polar surface area (TPSA) is 59.0 Å². The van der Waals surface area contributed by atoms with Crippen molar-refractivity contribution in [3.05, 3.63) is 47.5 Å². The van der Waals surface area contributed by atoms with Crippen LogP contribution in [-0.2, 0) is 12.5 Å². The quantitative estimate of drug-likeness (QED) is 0.854. The van der Waals surface area contributed by atoms with Gasteiger partial charge in [0.05, 0.1) is 11.4 Å². The number of aryl methyl sites for hydroxylation is 1. The number of carbonyl (C=O) groups is 1. The summed E-state index contributed by atoms with van der Waals surface area (Å²) in [7, 11) is 1.72. The second-order valence-electron chi connectivity index (χ2n) is 5.87. The van der Waals surface area contributed by atoms with E-state index in [9.17, 15) is 9.18 Å². The number of rotatable bonds is 3. The molecular weight excluding hydrogens is 271 g/mol. The van der Waals surface area contributed by atoms with Crippen molar-refractivity contribution in [2.24, 2.45) is 7.05 Å². The largest absolute Gasteiger partial charge is 0.298 e. The van der Waals surface area contributed by atoms with Crippen LogP contribution in [0.5, 0.6) is 0 Å². The molecule has 0 atom stereocenters. The molecule has 6 heteroatoms. The van der Waals surface area contributed by atoms with Crippen LogP contribution < -0.4 is 10.9 Å². The normalized spacial score (nSPS) is 11.3. The molecule has 1 aromatic heterocycles. The van der Waals surface area contributed by atoms with Crippen LogP contribution in [0.3, 0.4) is 0 Å². The van der Waals surface area contributed by atoms with E-state index in [1.807, 2.05) is 20.8 Å². The van der Waals surface area contributed by atoms with Crippen molar-refractivity contribution < 1.29 is 9.18 Å². The summed E-state index contributed by atoms with van der Waals surface area (Å²) in [6.07, 6.45) is 0. The van der Waals surface area contributed by atoms with Crippen molar-refractivity contribution in [1.29, 1.82) is 0 Å². The Hall–Kier alpha value is -2.37. The minimum absolute atomic E-state index is 0.124. The number of hydrogen-bond acceptors (Lipinski definition) is 3. The molecule has 1 heterocycles. The van der Waals surface area contributed by atoms with Gasteiger partial charge in [0.1, 0.15) is 11.5 Å². The highest BCUT2D eigenvalue weighted by molar-refractivity contribution is 5.93. The van der Waals surface area contributed by atoms with Crippen LogP contribution in [0.1, 0.15) is 37.0 Å². The van der Waals surface area contributed by atoms with Gasteiger partial charge in [0, 0.05) is 12.5 Å². The van der Waals surface area contributed by atoms with E-state index < -0.39 is 0 Å². The zero-order valence-corrected chi connectivity index (χ0v) is 12.6. The SMILES string of the molecule is Cn1nc(C(C)(C)C)cc1C(=O)NNc1ccc(F)cc1. The number of hydrazine groups is 1. The summed E-state index contributed by atoms with van der Waals surface area (Å²) in [5, 5.41) is 4.35. The molecule has 2 rings (SSSR count). The van der Waals surface area contributed by atoms with Gasteiger partial charge in [0.25, 0.3) is 5.91 Å². The zero-order chi connectivity index (χ0) is 15.6. The lowest BCUT2D eigenvalue weighted by atomic mass is 9.92. The first-order chi connectivity index (χ1) is 9.77. The number of aromatic nitrogens is 2. The molecule has 0 aliphatic heterocycles. The van der Waals surface area contributed by atoms with Crippen LogP contribution in [0.2, 0.25) is 0 Å². The maximum Gasteiger partial charge on any atom is 0.287 e. The third kappa shape index (κ3) is 3.59. The Balaban J connectivity index is 2.07. The molecule has 0 radical (unpaired) electrons. The van der Waals surface area contributed by atoms with Crippen LogP contribution in [0, 0.1) is 5.82 Å². The predicted octanol–water partition coefficient (Wildman–Crippen LogP) is 2.61. The lowest BCUT2D eigenvalue weighted by Gasteiger charge is -2.13.